The van der Waals surface area contributed by atoms with E-state index in [-0.39, 0.29) is 18.1 Å². The van der Waals surface area contributed by atoms with Crippen molar-refractivity contribution in [1.29, 1.82) is 0 Å². The van der Waals surface area contributed by atoms with Crippen LogP contribution in [0.4, 0.5) is 10.1 Å². The lowest BCUT2D eigenvalue weighted by Crippen LogP contribution is -2.14. The van der Waals surface area contributed by atoms with Crippen LogP contribution in [0.25, 0.3) is 10.9 Å². The maximum absolute atomic E-state index is 13.2. The second-order valence-electron chi connectivity index (χ2n) is 6.66. The van der Waals surface area contributed by atoms with Gasteiger partial charge in [-0.05, 0) is 47.5 Å². The van der Waals surface area contributed by atoms with Gasteiger partial charge in [0.25, 0.3) is 0 Å². The lowest BCUT2D eigenvalue weighted by Gasteiger charge is -2.05. The van der Waals surface area contributed by atoms with Crippen molar-refractivity contribution in [1.82, 2.24) is 4.57 Å². The van der Waals surface area contributed by atoms with Crippen LogP contribution in [0.2, 0.25) is 5.02 Å². The average Bonchev–Trinajstić information content (AvgIpc) is 3.01. The molecule has 3 nitrogen and oxygen atoms in total. The topological polar surface area (TPSA) is 34.0 Å². The quantitative estimate of drug-likeness (QED) is 0.467. The van der Waals surface area contributed by atoms with E-state index in [4.69, 9.17) is 11.6 Å². The number of hydrogen-bond acceptors (Lipinski definition) is 1. The zero-order chi connectivity index (χ0) is 19.5. The number of rotatable bonds is 5. The van der Waals surface area contributed by atoms with Gasteiger partial charge in [0.1, 0.15) is 5.82 Å². The summed E-state index contributed by atoms with van der Waals surface area (Å²) >= 11 is 5.98. The Morgan fingerprint density at radius 3 is 2.57 bits per heavy atom. The first-order chi connectivity index (χ1) is 13.6. The van der Waals surface area contributed by atoms with E-state index < -0.39 is 0 Å². The van der Waals surface area contributed by atoms with Crippen LogP contribution in [0, 0.1) is 5.82 Å². The number of carbonyl (C=O) groups excluding carboxylic acids is 1. The molecule has 0 aliphatic rings. The third kappa shape index (κ3) is 4.07. The lowest BCUT2D eigenvalue weighted by molar-refractivity contribution is -0.115. The molecule has 0 saturated carbocycles. The molecule has 1 N–H and O–H groups in total. The lowest BCUT2D eigenvalue weighted by atomic mass is 10.1. The summed E-state index contributed by atoms with van der Waals surface area (Å²) in [6.07, 6.45) is 2.25. The van der Waals surface area contributed by atoms with Crippen molar-refractivity contribution >= 4 is 34.1 Å². The molecule has 0 unspecified atom stereocenters. The van der Waals surface area contributed by atoms with Crippen molar-refractivity contribution < 1.29 is 9.18 Å². The minimum atomic E-state index is -0.250. The summed E-state index contributed by atoms with van der Waals surface area (Å²) in [7, 11) is 0. The zero-order valence-corrected chi connectivity index (χ0v) is 15.8. The van der Waals surface area contributed by atoms with Gasteiger partial charge in [-0.1, -0.05) is 48.0 Å². The SMILES string of the molecule is O=C(Cc1cn(Cc2ccc(F)cc2)c2ccccc12)Nc1cccc(Cl)c1. The molecule has 0 saturated heterocycles. The summed E-state index contributed by atoms with van der Waals surface area (Å²) in [5.41, 5.74) is 3.65. The van der Waals surface area contributed by atoms with Gasteiger partial charge in [-0.3, -0.25) is 4.79 Å². The molecular weight excluding hydrogens is 375 g/mol. The maximum Gasteiger partial charge on any atom is 0.228 e. The summed E-state index contributed by atoms with van der Waals surface area (Å²) in [5.74, 6) is -0.355. The van der Waals surface area contributed by atoms with Gasteiger partial charge < -0.3 is 9.88 Å². The van der Waals surface area contributed by atoms with Crippen molar-refractivity contribution in [3.8, 4) is 0 Å². The molecule has 0 bridgehead atoms. The second kappa shape index (κ2) is 7.87. The summed E-state index contributed by atoms with van der Waals surface area (Å²) in [4.78, 5) is 12.5. The number of carbonyl (C=O) groups is 1. The van der Waals surface area contributed by atoms with Gasteiger partial charge in [-0.25, -0.2) is 4.39 Å². The molecular formula is C23H18ClFN2O. The molecule has 140 valence electrons. The molecule has 0 fully saturated rings. The van der Waals surface area contributed by atoms with E-state index in [1.807, 2.05) is 36.5 Å². The fraction of sp³-hybridized carbons (Fsp3) is 0.0870. The van der Waals surface area contributed by atoms with E-state index in [1.165, 1.54) is 12.1 Å². The van der Waals surface area contributed by atoms with Crippen LogP contribution in [0.5, 0.6) is 0 Å². The molecule has 4 aromatic rings. The monoisotopic (exact) mass is 392 g/mol. The van der Waals surface area contributed by atoms with Gasteiger partial charge >= 0.3 is 0 Å². The van der Waals surface area contributed by atoms with Gasteiger partial charge in [-0.15, -0.1) is 0 Å². The molecule has 28 heavy (non-hydrogen) atoms. The molecule has 5 heteroatoms. The minimum absolute atomic E-state index is 0.105. The van der Waals surface area contributed by atoms with Crippen LogP contribution in [0.15, 0.2) is 79.0 Å². The fourth-order valence-electron chi connectivity index (χ4n) is 3.33. The van der Waals surface area contributed by atoms with E-state index in [2.05, 4.69) is 9.88 Å². The Hall–Kier alpha value is -3.11. The molecule has 0 aliphatic heterocycles. The predicted octanol–water partition coefficient (Wildman–Crippen LogP) is 5.66. The molecule has 1 aromatic heterocycles. The highest BCUT2D eigenvalue weighted by Crippen LogP contribution is 2.24. The molecule has 1 heterocycles. The molecule has 0 aliphatic carbocycles. The van der Waals surface area contributed by atoms with Crippen LogP contribution in [0.1, 0.15) is 11.1 Å². The van der Waals surface area contributed by atoms with E-state index in [0.29, 0.717) is 17.3 Å². The third-order valence-electron chi connectivity index (χ3n) is 4.60. The van der Waals surface area contributed by atoms with Gasteiger partial charge in [0, 0.05) is 34.4 Å². The van der Waals surface area contributed by atoms with E-state index in [1.54, 1.807) is 30.3 Å². The Morgan fingerprint density at radius 1 is 1.00 bits per heavy atom. The summed E-state index contributed by atoms with van der Waals surface area (Å²) in [6.45, 7) is 0.608. The summed E-state index contributed by atoms with van der Waals surface area (Å²) < 4.78 is 15.3. The number of anilines is 1. The van der Waals surface area contributed by atoms with E-state index >= 15 is 0 Å². The Morgan fingerprint density at radius 2 is 1.79 bits per heavy atom. The van der Waals surface area contributed by atoms with Gasteiger partial charge in [0.2, 0.25) is 5.91 Å². The number of para-hydroxylation sites is 1. The van der Waals surface area contributed by atoms with Crippen LogP contribution >= 0.6 is 11.6 Å². The summed E-state index contributed by atoms with van der Waals surface area (Å²) in [6, 6.07) is 21.5. The number of nitrogens with zero attached hydrogens (tertiary/aromatic N) is 1. The molecule has 0 radical (unpaired) electrons. The van der Waals surface area contributed by atoms with Crippen molar-refractivity contribution in [2.24, 2.45) is 0 Å². The highest BCUT2D eigenvalue weighted by molar-refractivity contribution is 6.30. The normalized spacial score (nSPS) is 10.9. The van der Waals surface area contributed by atoms with Gasteiger partial charge in [0.15, 0.2) is 0 Å². The number of hydrogen-bond donors (Lipinski definition) is 1. The molecule has 1 amide bonds. The van der Waals surface area contributed by atoms with E-state index in [9.17, 15) is 9.18 Å². The average molecular weight is 393 g/mol. The fourth-order valence-corrected chi connectivity index (χ4v) is 3.52. The first-order valence-corrected chi connectivity index (χ1v) is 9.33. The first kappa shape index (κ1) is 18.3. The number of nitrogens with one attached hydrogen (secondary N) is 1. The molecule has 0 spiro atoms. The third-order valence-corrected chi connectivity index (χ3v) is 4.83. The largest absolute Gasteiger partial charge is 0.343 e. The van der Waals surface area contributed by atoms with Crippen molar-refractivity contribution in [3.05, 3.63) is 101 Å². The van der Waals surface area contributed by atoms with Crippen LogP contribution in [-0.4, -0.2) is 10.5 Å². The predicted molar refractivity (Wildman–Crippen MR) is 111 cm³/mol. The van der Waals surface area contributed by atoms with Gasteiger partial charge in [-0.2, -0.15) is 0 Å². The van der Waals surface area contributed by atoms with Crippen molar-refractivity contribution in [2.75, 3.05) is 5.32 Å². The standard InChI is InChI=1S/C23H18ClFN2O/c24-18-4-3-5-20(13-18)26-23(28)12-17-15-27(22-7-2-1-6-21(17)22)14-16-8-10-19(25)11-9-16/h1-11,13,15H,12,14H2,(H,26,28). The van der Waals surface area contributed by atoms with E-state index in [0.717, 1.165) is 22.0 Å². The number of benzene rings is 3. The Kier molecular flexibility index (Phi) is 5.13. The maximum atomic E-state index is 13.2. The van der Waals surface area contributed by atoms with Crippen molar-refractivity contribution in [3.63, 3.8) is 0 Å². The Bertz CT molecular complexity index is 1140. The molecule has 0 atom stereocenters. The van der Waals surface area contributed by atoms with Gasteiger partial charge in [0.05, 0.1) is 6.42 Å². The minimum Gasteiger partial charge on any atom is -0.343 e. The number of fused-ring (bicyclic) bond motifs is 1. The van der Waals surface area contributed by atoms with Crippen molar-refractivity contribution in [2.45, 2.75) is 13.0 Å². The Balaban J connectivity index is 1.58. The smallest absolute Gasteiger partial charge is 0.228 e. The first-order valence-electron chi connectivity index (χ1n) is 8.95. The summed E-state index contributed by atoms with van der Waals surface area (Å²) in [5, 5.41) is 4.50. The molecule has 4 rings (SSSR count). The second-order valence-corrected chi connectivity index (χ2v) is 7.10. The number of amides is 1. The number of halogens is 2. The van der Waals surface area contributed by atoms with Crippen LogP contribution in [-0.2, 0) is 17.8 Å². The number of aromatic nitrogens is 1. The highest BCUT2D eigenvalue weighted by atomic mass is 35.5. The zero-order valence-electron chi connectivity index (χ0n) is 15.0. The van der Waals surface area contributed by atoms with Crippen LogP contribution in [0.3, 0.4) is 0 Å². The Labute approximate surface area is 167 Å². The molecule has 3 aromatic carbocycles. The highest BCUT2D eigenvalue weighted by Gasteiger charge is 2.12. The van der Waals surface area contributed by atoms with Crippen LogP contribution < -0.4 is 5.32 Å².